The van der Waals surface area contributed by atoms with Crippen molar-refractivity contribution >= 4 is 29.4 Å². The fraction of sp³-hybridized carbons (Fsp3) is 0.111. The quantitative estimate of drug-likeness (QED) is 0.472. The molecule has 1 aliphatic heterocycles. The first-order valence-corrected chi connectivity index (χ1v) is 7.59. The van der Waals surface area contributed by atoms with E-state index in [4.69, 9.17) is 21.1 Å². The fourth-order valence-corrected chi connectivity index (χ4v) is 2.51. The monoisotopic (exact) mass is 362 g/mol. The van der Waals surface area contributed by atoms with Crippen molar-refractivity contribution in [2.24, 2.45) is 0 Å². The molecule has 7 heteroatoms. The Hall–Kier alpha value is -2.70. The Morgan fingerprint density at radius 2 is 2.12 bits per heavy atom. The number of ether oxygens (including phenoxy) is 3. The van der Waals surface area contributed by atoms with E-state index in [9.17, 15) is 14.0 Å². The van der Waals surface area contributed by atoms with Crippen LogP contribution in [-0.2, 0) is 9.53 Å². The molecule has 0 spiro atoms. The van der Waals surface area contributed by atoms with Gasteiger partial charge in [0.1, 0.15) is 23.9 Å². The van der Waals surface area contributed by atoms with Crippen LogP contribution in [-0.4, -0.2) is 25.5 Å². The lowest BCUT2D eigenvalue weighted by Gasteiger charge is -2.05. The standard InChI is InChI=1S/C18H12ClFO5/c1-23-9-17(21)24-10-5-6-11-15(7-10)25-16(18(11)22)8-12-13(19)3-2-4-14(12)20/h2-8H,9H2,1H3/b16-8-. The summed E-state index contributed by atoms with van der Waals surface area (Å²) in [5, 5.41) is 0.161. The number of halogens is 2. The molecule has 25 heavy (non-hydrogen) atoms. The largest absolute Gasteiger partial charge is 0.452 e. The minimum atomic E-state index is -0.583. The van der Waals surface area contributed by atoms with Crippen LogP contribution in [0, 0.1) is 5.82 Å². The van der Waals surface area contributed by atoms with Crippen LogP contribution < -0.4 is 9.47 Å². The summed E-state index contributed by atoms with van der Waals surface area (Å²) < 4.78 is 29.1. The molecule has 2 aromatic carbocycles. The van der Waals surface area contributed by atoms with Crippen molar-refractivity contribution in [2.75, 3.05) is 13.7 Å². The molecule has 0 saturated carbocycles. The summed E-state index contributed by atoms with van der Waals surface area (Å²) in [5.74, 6) is -1.21. The third kappa shape index (κ3) is 3.55. The van der Waals surface area contributed by atoms with Crippen LogP contribution in [0.1, 0.15) is 15.9 Å². The first kappa shape index (κ1) is 17.1. The lowest BCUT2D eigenvalue weighted by atomic mass is 10.1. The van der Waals surface area contributed by atoms with E-state index in [0.29, 0.717) is 0 Å². The molecular weight excluding hydrogens is 351 g/mol. The van der Waals surface area contributed by atoms with Crippen molar-refractivity contribution in [1.29, 1.82) is 0 Å². The smallest absolute Gasteiger partial charge is 0.337 e. The number of ketones is 1. The topological polar surface area (TPSA) is 61.8 Å². The van der Waals surface area contributed by atoms with Crippen molar-refractivity contribution in [1.82, 2.24) is 0 Å². The zero-order valence-corrected chi connectivity index (χ0v) is 13.8. The van der Waals surface area contributed by atoms with Gasteiger partial charge in [0.25, 0.3) is 0 Å². The van der Waals surface area contributed by atoms with Crippen molar-refractivity contribution in [3.63, 3.8) is 0 Å². The molecule has 0 N–H and O–H groups in total. The van der Waals surface area contributed by atoms with Gasteiger partial charge in [0.05, 0.1) is 10.6 Å². The average Bonchev–Trinajstić information content (AvgIpc) is 2.87. The highest BCUT2D eigenvalue weighted by molar-refractivity contribution is 6.32. The number of fused-ring (bicyclic) bond motifs is 1. The van der Waals surface area contributed by atoms with E-state index in [1.54, 1.807) is 0 Å². The zero-order chi connectivity index (χ0) is 18.0. The molecule has 0 fully saturated rings. The number of Topliss-reactive ketones (excluding diaryl/α,β-unsaturated/α-hetero) is 1. The molecule has 5 nitrogen and oxygen atoms in total. The molecule has 0 unspecified atom stereocenters. The second-order valence-corrected chi connectivity index (χ2v) is 5.55. The predicted molar refractivity (Wildman–Crippen MR) is 88.3 cm³/mol. The molecule has 0 atom stereocenters. The number of benzene rings is 2. The molecule has 0 radical (unpaired) electrons. The first-order chi connectivity index (χ1) is 12.0. The summed E-state index contributed by atoms with van der Waals surface area (Å²) in [6, 6.07) is 8.55. The summed E-state index contributed by atoms with van der Waals surface area (Å²) in [6.07, 6.45) is 1.25. The Balaban J connectivity index is 1.88. The summed E-state index contributed by atoms with van der Waals surface area (Å²) >= 11 is 5.96. The van der Waals surface area contributed by atoms with Crippen molar-refractivity contribution in [3.05, 3.63) is 64.1 Å². The van der Waals surface area contributed by atoms with Gasteiger partial charge in [-0.2, -0.15) is 0 Å². The SMILES string of the molecule is COCC(=O)Oc1ccc2c(c1)O/C(=C\c1c(F)cccc1Cl)C2=O. The van der Waals surface area contributed by atoms with Crippen molar-refractivity contribution in [2.45, 2.75) is 0 Å². The van der Waals surface area contributed by atoms with Gasteiger partial charge in [0.2, 0.25) is 5.78 Å². The number of carbonyl (C=O) groups excluding carboxylic acids is 2. The second kappa shape index (κ2) is 7.04. The van der Waals surface area contributed by atoms with Gasteiger partial charge in [-0.1, -0.05) is 17.7 Å². The molecule has 0 aliphatic carbocycles. The van der Waals surface area contributed by atoms with E-state index in [0.717, 1.165) is 0 Å². The maximum atomic E-state index is 13.9. The van der Waals surface area contributed by atoms with Crippen LogP contribution in [0.25, 0.3) is 6.08 Å². The number of carbonyl (C=O) groups is 2. The molecule has 3 rings (SSSR count). The Bertz CT molecular complexity index is 871. The maximum absolute atomic E-state index is 13.9. The van der Waals surface area contributed by atoms with Gasteiger partial charge in [-0.05, 0) is 30.3 Å². The Morgan fingerprint density at radius 1 is 1.32 bits per heavy atom. The van der Waals surface area contributed by atoms with E-state index in [1.165, 1.54) is 49.6 Å². The fourth-order valence-electron chi connectivity index (χ4n) is 2.29. The summed E-state index contributed by atoms with van der Waals surface area (Å²) in [7, 11) is 1.37. The molecule has 0 bridgehead atoms. The van der Waals surface area contributed by atoms with E-state index in [1.807, 2.05) is 0 Å². The van der Waals surface area contributed by atoms with Gasteiger partial charge in [0.15, 0.2) is 5.76 Å². The highest BCUT2D eigenvalue weighted by atomic mass is 35.5. The van der Waals surface area contributed by atoms with Gasteiger partial charge >= 0.3 is 5.97 Å². The predicted octanol–water partition coefficient (Wildman–Crippen LogP) is 3.65. The highest BCUT2D eigenvalue weighted by Gasteiger charge is 2.28. The van der Waals surface area contributed by atoms with Crippen LogP contribution in [0.2, 0.25) is 5.02 Å². The third-order valence-electron chi connectivity index (χ3n) is 3.41. The van der Waals surface area contributed by atoms with Crippen LogP contribution in [0.5, 0.6) is 11.5 Å². The Morgan fingerprint density at radius 3 is 2.84 bits per heavy atom. The number of rotatable bonds is 4. The number of hydrogen-bond donors (Lipinski definition) is 0. The number of methoxy groups -OCH3 is 1. The first-order valence-electron chi connectivity index (χ1n) is 7.21. The van der Waals surface area contributed by atoms with E-state index < -0.39 is 17.6 Å². The van der Waals surface area contributed by atoms with Crippen LogP contribution in [0.3, 0.4) is 0 Å². The minimum Gasteiger partial charge on any atom is -0.452 e. The number of hydrogen-bond acceptors (Lipinski definition) is 5. The van der Waals surface area contributed by atoms with E-state index in [2.05, 4.69) is 4.74 Å². The molecule has 128 valence electrons. The lowest BCUT2D eigenvalue weighted by Crippen LogP contribution is -2.14. The summed E-state index contributed by atoms with van der Waals surface area (Å²) in [5.41, 5.74) is 0.345. The summed E-state index contributed by atoms with van der Waals surface area (Å²) in [6.45, 7) is -0.201. The minimum absolute atomic E-state index is 0.0621. The average molecular weight is 363 g/mol. The van der Waals surface area contributed by atoms with Crippen LogP contribution in [0.4, 0.5) is 4.39 Å². The second-order valence-electron chi connectivity index (χ2n) is 5.14. The van der Waals surface area contributed by atoms with Crippen molar-refractivity contribution < 1.29 is 28.2 Å². The van der Waals surface area contributed by atoms with Crippen LogP contribution >= 0.6 is 11.6 Å². The molecule has 1 heterocycles. The lowest BCUT2D eigenvalue weighted by molar-refractivity contribution is -0.138. The Labute approximate surface area is 147 Å². The van der Waals surface area contributed by atoms with Crippen molar-refractivity contribution in [3.8, 4) is 11.5 Å². The number of esters is 1. The molecule has 1 aliphatic rings. The maximum Gasteiger partial charge on any atom is 0.337 e. The van der Waals surface area contributed by atoms with E-state index in [-0.39, 0.29) is 40.0 Å². The van der Waals surface area contributed by atoms with Gasteiger partial charge in [0, 0.05) is 18.7 Å². The highest BCUT2D eigenvalue weighted by Crippen LogP contribution is 2.35. The molecule has 2 aromatic rings. The third-order valence-corrected chi connectivity index (χ3v) is 3.74. The number of allylic oxidation sites excluding steroid dienone is 1. The van der Waals surface area contributed by atoms with E-state index >= 15 is 0 Å². The summed E-state index contributed by atoms with van der Waals surface area (Å²) in [4.78, 5) is 23.8. The van der Waals surface area contributed by atoms with Gasteiger partial charge in [-0.3, -0.25) is 4.79 Å². The molecule has 0 amide bonds. The van der Waals surface area contributed by atoms with Gasteiger partial charge < -0.3 is 14.2 Å². The van der Waals surface area contributed by atoms with Gasteiger partial charge in [-0.25, -0.2) is 9.18 Å². The Kier molecular flexibility index (Phi) is 4.83. The molecular formula is C18H12ClFO5. The van der Waals surface area contributed by atoms with Gasteiger partial charge in [-0.15, -0.1) is 0 Å². The molecule has 0 aromatic heterocycles. The van der Waals surface area contributed by atoms with Crippen LogP contribution in [0.15, 0.2) is 42.2 Å². The normalized spacial score (nSPS) is 14.4. The zero-order valence-electron chi connectivity index (χ0n) is 13.0. The molecule has 0 saturated heterocycles.